The molecule has 0 aliphatic heterocycles. The molecule has 27 heavy (non-hydrogen) atoms. The van der Waals surface area contributed by atoms with E-state index in [-0.39, 0.29) is 19.6 Å². The Morgan fingerprint density at radius 3 is 2.44 bits per heavy atom. The highest BCUT2D eigenvalue weighted by Gasteiger charge is 2.29. The van der Waals surface area contributed by atoms with Gasteiger partial charge in [0, 0.05) is 0 Å². The average molecular weight is 381 g/mol. The Morgan fingerprint density at radius 2 is 1.81 bits per heavy atom. The molecule has 2 aromatic rings. The number of hydrogen-bond acceptors (Lipinski definition) is 4. The van der Waals surface area contributed by atoms with Gasteiger partial charge in [-0.05, 0) is 42.3 Å². The number of alkyl halides is 3. The zero-order chi connectivity index (χ0) is 19.9. The number of carbonyl (C=O) groups is 1. The first kappa shape index (κ1) is 20.3. The Balaban J connectivity index is 1.81. The van der Waals surface area contributed by atoms with E-state index in [0.717, 1.165) is 12.1 Å². The summed E-state index contributed by atoms with van der Waals surface area (Å²) in [5, 5.41) is 12.6. The Morgan fingerprint density at radius 1 is 1.11 bits per heavy atom. The van der Waals surface area contributed by atoms with E-state index < -0.39 is 17.7 Å². The first-order valence-corrected chi connectivity index (χ1v) is 8.03. The van der Waals surface area contributed by atoms with Gasteiger partial charge < -0.3 is 14.7 Å². The van der Waals surface area contributed by atoms with Gasteiger partial charge in [0.1, 0.15) is 12.4 Å². The third kappa shape index (κ3) is 6.65. The van der Waals surface area contributed by atoms with Crippen molar-refractivity contribution >= 4 is 11.7 Å². The highest BCUT2D eigenvalue weighted by Crippen LogP contribution is 2.29. The Hall–Kier alpha value is -3.03. The van der Waals surface area contributed by atoms with Crippen LogP contribution in [0.1, 0.15) is 23.6 Å². The molecule has 2 rings (SSSR count). The van der Waals surface area contributed by atoms with Crippen LogP contribution in [0.2, 0.25) is 0 Å². The van der Waals surface area contributed by atoms with Crippen LogP contribution in [0, 0.1) is 0 Å². The summed E-state index contributed by atoms with van der Waals surface area (Å²) >= 11 is 0. The van der Waals surface area contributed by atoms with Crippen molar-refractivity contribution in [2.45, 2.75) is 19.5 Å². The molecule has 5 nitrogen and oxygen atoms in total. The molecule has 0 spiro atoms. The van der Waals surface area contributed by atoms with Gasteiger partial charge >= 0.3 is 12.1 Å². The number of oxime groups is 1. The summed E-state index contributed by atoms with van der Waals surface area (Å²) in [6.45, 7) is 1.93. The number of nitrogens with zero attached hydrogens (tertiary/aromatic N) is 1. The molecule has 144 valence electrons. The predicted molar refractivity (Wildman–Crippen MR) is 92.9 cm³/mol. The lowest BCUT2D eigenvalue weighted by atomic mass is 10.1. The minimum absolute atomic E-state index is 0.0929. The normalized spacial score (nSPS) is 11.9. The van der Waals surface area contributed by atoms with Crippen LogP contribution in [0.5, 0.6) is 5.75 Å². The highest BCUT2D eigenvalue weighted by atomic mass is 19.4. The summed E-state index contributed by atoms with van der Waals surface area (Å²) in [5.74, 6) is -0.413. The van der Waals surface area contributed by atoms with E-state index >= 15 is 0 Å². The van der Waals surface area contributed by atoms with Gasteiger partial charge in [0.2, 0.25) is 0 Å². The minimum Gasteiger partial charge on any atom is -0.490 e. The van der Waals surface area contributed by atoms with E-state index in [0.29, 0.717) is 22.6 Å². The molecule has 0 saturated heterocycles. The Kier molecular flexibility index (Phi) is 6.81. The second kappa shape index (κ2) is 9.07. The lowest BCUT2D eigenvalue weighted by molar-refractivity contribution is -0.138. The van der Waals surface area contributed by atoms with Crippen LogP contribution in [0.4, 0.5) is 13.2 Å². The summed E-state index contributed by atoms with van der Waals surface area (Å²) in [5.41, 5.74) is 0.855. The molecule has 2 aromatic carbocycles. The molecule has 0 saturated carbocycles. The second-order valence-corrected chi connectivity index (χ2v) is 5.65. The molecule has 0 radical (unpaired) electrons. The number of carboxylic acids is 1. The number of hydrogen-bond donors (Lipinski definition) is 1. The quantitative estimate of drug-likeness (QED) is 0.424. The maximum atomic E-state index is 12.5. The Bertz CT molecular complexity index is 801. The summed E-state index contributed by atoms with van der Waals surface area (Å²) in [6, 6.07) is 11.3. The van der Waals surface area contributed by atoms with Crippen molar-refractivity contribution in [3.8, 4) is 5.75 Å². The average Bonchev–Trinajstić information content (AvgIpc) is 2.60. The van der Waals surface area contributed by atoms with Crippen molar-refractivity contribution in [2.75, 3.05) is 13.2 Å². The highest BCUT2D eigenvalue weighted by molar-refractivity contribution is 5.98. The summed E-state index contributed by atoms with van der Waals surface area (Å²) in [6.07, 6.45) is -4.47. The van der Waals surface area contributed by atoms with Crippen LogP contribution in [0.25, 0.3) is 0 Å². The van der Waals surface area contributed by atoms with Crippen molar-refractivity contribution in [3.63, 3.8) is 0 Å². The van der Waals surface area contributed by atoms with Gasteiger partial charge in [-0.15, -0.1) is 0 Å². The van der Waals surface area contributed by atoms with Crippen molar-refractivity contribution in [3.05, 3.63) is 65.2 Å². The monoisotopic (exact) mass is 381 g/mol. The Labute approximate surface area is 154 Å². The number of rotatable bonds is 8. The maximum absolute atomic E-state index is 12.5. The topological polar surface area (TPSA) is 68.1 Å². The van der Waals surface area contributed by atoms with E-state index in [1.54, 1.807) is 31.2 Å². The van der Waals surface area contributed by atoms with Crippen molar-refractivity contribution in [1.29, 1.82) is 0 Å². The maximum Gasteiger partial charge on any atom is 0.416 e. The molecule has 8 heteroatoms. The molecule has 0 atom stereocenters. The standard InChI is InChI=1S/C19H18F3NO4/c1-13(15-5-7-16(8-6-15)19(20,21)22)23-27-10-9-26-17-4-2-3-14(11-17)12-18(24)25/h2-8,11H,9-10,12H2,1H3,(H,24,25)/b23-13+. The van der Waals surface area contributed by atoms with Crippen molar-refractivity contribution in [1.82, 2.24) is 0 Å². The van der Waals surface area contributed by atoms with Crippen LogP contribution >= 0.6 is 0 Å². The van der Waals surface area contributed by atoms with Gasteiger partial charge in [0.15, 0.2) is 6.61 Å². The van der Waals surface area contributed by atoms with Crippen LogP contribution in [0.15, 0.2) is 53.7 Å². The molecule has 0 aliphatic rings. The zero-order valence-electron chi connectivity index (χ0n) is 14.5. The van der Waals surface area contributed by atoms with E-state index in [1.807, 2.05) is 0 Å². The molecule has 1 N–H and O–H groups in total. The fraction of sp³-hybridized carbons (Fsp3) is 0.263. The van der Waals surface area contributed by atoms with E-state index in [4.69, 9.17) is 14.7 Å². The molecular formula is C19H18F3NO4. The van der Waals surface area contributed by atoms with Gasteiger partial charge in [0.25, 0.3) is 0 Å². The third-order valence-corrected chi connectivity index (χ3v) is 3.53. The van der Waals surface area contributed by atoms with Gasteiger partial charge in [-0.2, -0.15) is 13.2 Å². The molecule has 0 unspecified atom stereocenters. The number of halogens is 3. The number of aliphatic carboxylic acids is 1. The molecule has 0 aliphatic carbocycles. The second-order valence-electron chi connectivity index (χ2n) is 5.65. The van der Waals surface area contributed by atoms with Crippen LogP contribution in [-0.4, -0.2) is 30.0 Å². The van der Waals surface area contributed by atoms with Crippen LogP contribution in [-0.2, 0) is 22.2 Å². The SMILES string of the molecule is C/C(=N\OCCOc1cccc(CC(=O)O)c1)c1ccc(C(F)(F)F)cc1. The summed E-state index contributed by atoms with van der Waals surface area (Å²) < 4.78 is 43.1. The van der Waals surface area contributed by atoms with Gasteiger partial charge in [0.05, 0.1) is 17.7 Å². The molecule has 0 bridgehead atoms. The lowest BCUT2D eigenvalue weighted by Crippen LogP contribution is -2.07. The molecule has 0 aromatic heterocycles. The molecular weight excluding hydrogens is 363 g/mol. The lowest BCUT2D eigenvalue weighted by Gasteiger charge is -2.08. The number of carboxylic acid groups (broad SMARTS) is 1. The molecule has 0 heterocycles. The number of ether oxygens (including phenoxy) is 1. The minimum atomic E-state index is -4.38. The van der Waals surface area contributed by atoms with E-state index in [1.165, 1.54) is 12.1 Å². The van der Waals surface area contributed by atoms with E-state index in [2.05, 4.69) is 5.16 Å². The largest absolute Gasteiger partial charge is 0.490 e. The first-order chi connectivity index (χ1) is 12.8. The first-order valence-electron chi connectivity index (χ1n) is 8.03. The molecule has 0 amide bonds. The molecule has 0 fully saturated rings. The fourth-order valence-corrected chi connectivity index (χ4v) is 2.21. The summed E-state index contributed by atoms with van der Waals surface area (Å²) in [4.78, 5) is 15.8. The predicted octanol–water partition coefficient (Wildman–Crippen LogP) is 4.15. The van der Waals surface area contributed by atoms with Gasteiger partial charge in [-0.3, -0.25) is 4.79 Å². The zero-order valence-corrected chi connectivity index (χ0v) is 14.5. The van der Waals surface area contributed by atoms with Crippen LogP contribution < -0.4 is 4.74 Å². The third-order valence-electron chi connectivity index (χ3n) is 3.53. The fourth-order valence-electron chi connectivity index (χ4n) is 2.21. The van der Waals surface area contributed by atoms with Gasteiger partial charge in [-0.25, -0.2) is 0 Å². The van der Waals surface area contributed by atoms with Crippen molar-refractivity contribution in [2.24, 2.45) is 5.16 Å². The van der Waals surface area contributed by atoms with Crippen molar-refractivity contribution < 1.29 is 32.6 Å². The van der Waals surface area contributed by atoms with E-state index in [9.17, 15) is 18.0 Å². The van der Waals surface area contributed by atoms with Gasteiger partial charge in [-0.1, -0.05) is 29.4 Å². The smallest absolute Gasteiger partial charge is 0.416 e. The number of benzene rings is 2. The van der Waals surface area contributed by atoms with Crippen LogP contribution in [0.3, 0.4) is 0 Å². The summed E-state index contributed by atoms with van der Waals surface area (Å²) in [7, 11) is 0.